The first-order chi connectivity index (χ1) is 7.63. The van der Waals surface area contributed by atoms with E-state index in [2.05, 4.69) is 4.57 Å². The van der Waals surface area contributed by atoms with Gasteiger partial charge in [0.05, 0.1) is 12.2 Å². The first kappa shape index (κ1) is 11.2. The zero-order valence-electron chi connectivity index (χ0n) is 10.2. The van der Waals surface area contributed by atoms with Gasteiger partial charge in [-0.15, -0.1) is 0 Å². The number of carbonyl (C=O) groups excluding carboxylic acids is 1. The second-order valence-corrected chi connectivity index (χ2v) is 4.61. The van der Waals surface area contributed by atoms with Crippen LogP contribution in [0.15, 0.2) is 6.20 Å². The predicted molar refractivity (Wildman–Crippen MR) is 62.5 cm³/mol. The molecule has 1 aromatic rings. The third kappa shape index (κ3) is 2.13. The molecule has 1 aliphatic carbocycles. The van der Waals surface area contributed by atoms with Gasteiger partial charge in [0.25, 0.3) is 0 Å². The van der Waals surface area contributed by atoms with E-state index in [0.717, 1.165) is 29.2 Å². The van der Waals surface area contributed by atoms with Crippen LogP contribution in [0, 0.1) is 12.8 Å². The van der Waals surface area contributed by atoms with E-state index in [1.807, 2.05) is 27.1 Å². The zero-order chi connectivity index (χ0) is 11.7. The van der Waals surface area contributed by atoms with Gasteiger partial charge in [0.2, 0.25) is 0 Å². The van der Waals surface area contributed by atoms with E-state index in [-0.39, 0.29) is 5.97 Å². The number of hydrogen-bond donors (Lipinski definition) is 0. The Morgan fingerprint density at radius 2 is 2.25 bits per heavy atom. The van der Waals surface area contributed by atoms with Gasteiger partial charge in [-0.2, -0.15) is 0 Å². The molecule has 1 heterocycles. The molecule has 1 fully saturated rings. The van der Waals surface area contributed by atoms with Crippen LogP contribution in [0.5, 0.6) is 0 Å². The molecule has 0 saturated heterocycles. The predicted octanol–water partition coefficient (Wildman–Crippen LogP) is 2.46. The van der Waals surface area contributed by atoms with E-state index in [4.69, 9.17) is 4.74 Å². The summed E-state index contributed by atoms with van der Waals surface area (Å²) in [6.07, 6.45) is 5.63. The van der Waals surface area contributed by atoms with Gasteiger partial charge >= 0.3 is 5.97 Å². The average molecular weight is 221 g/mol. The standard InChI is InChI=1S/C13H19NO2/c1-4-16-13(15)12-9(2)8-14(3)11(12)7-10-5-6-10/h8,10H,4-7H2,1-3H3. The molecular formula is C13H19NO2. The Bertz CT molecular complexity index is 402. The smallest absolute Gasteiger partial charge is 0.340 e. The summed E-state index contributed by atoms with van der Waals surface area (Å²) in [5.74, 6) is 0.609. The van der Waals surface area contributed by atoms with Gasteiger partial charge < -0.3 is 9.30 Å². The summed E-state index contributed by atoms with van der Waals surface area (Å²) in [4.78, 5) is 11.9. The van der Waals surface area contributed by atoms with Gasteiger partial charge in [-0.3, -0.25) is 0 Å². The summed E-state index contributed by atoms with van der Waals surface area (Å²) in [6.45, 7) is 4.26. The highest BCUT2D eigenvalue weighted by Crippen LogP contribution is 2.34. The van der Waals surface area contributed by atoms with E-state index in [0.29, 0.717) is 6.61 Å². The minimum Gasteiger partial charge on any atom is -0.462 e. The van der Waals surface area contributed by atoms with Crippen molar-refractivity contribution < 1.29 is 9.53 Å². The SMILES string of the molecule is CCOC(=O)c1c(C)cn(C)c1CC1CC1. The van der Waals surface area contributed by atoms with Gasteiger partial charge in [0, 0.05) is 18.9 Å². The normalized spacial score (nSPS) is 15.2. The maximum atomic E-state index is 11.9. The number of aryl methyl sites for hydroxylation is 2. The Hall–Kier alpha value is -1.25. The van der Waals surface area contributed by atoms with E-state index in [1.54, 1.807) is 0 Å². The van der Waals surface area contributed by atoms with Crippen molar-refractivity contribution in [1.82, 2.24) is 4.57 Å². The summed E-state index contributed by atoms with van der Waals surface area (Å²) in [5.41, 5.74) is 2.95. The van der Waals surface area contributed by atoms with Gasteiger partial charge in [-0.05, 0) is 44.6 Å². The molecule has 16 heavy (non-hydrogen) atoms. The monoisotopic (exact) mass is 221 g/mol. The lowest BCUT2D eigenvalue weighted by Gasteiger charge is -2.07. The summed E-state index contributed by atoms with van der Waals surface area (Å²) in [5, 5.41) is 0. The molecule has 3 nitrogen and oxygen atoms in total. The van der Waals surface area contributed by atoms with E-state index in [1.165, 1.54) is 12.8 Å². The van der Waals surface area contributed by atoms with Crippen LogP contribution in [0.1, 0.15) is 41.4 Å². The third-order valence-electron chi connectivity index (χ3n) is 3.15. The molecule has 3 heteroatoms. The van der Waals surface area contributed by atoms with Crippen LogP contribution >= 0.6 is 0 Å². The number of rotatable bonds is 4. The zero-order valence-corrected chi connectivity index (χ0v) is 10.2. The summed E-state index contributed by atoms with van der Waals surface area (Å²) < 4.78 is 7.18. The van der Waals surface area contributed by atoms with Gasteiger partial charge in [-0.1, -0.05) is 0 Å². The van der Waals surface area contributed by atoms with Crippen LogP contribution in [0.2, 0.25) is 0 Å². The number of nitrogens with zero attached hydrogens (tertiary/aromatic N) is 1. The third-order valence-corrected chi connectivity index (χ3v) is 3.15. The fraction of sp³-hybridized carbons (Fsp3) is 0.615. The summed E-state index contributed by atoms with van der Waals surface area (Å²) >= 11 is 0. The maximum absolute atomic E-state index is 11.9. The number of carbonyl (C=O) groups is 1. The molecule has 0 spiro atoms. The van der Waals surface area contributed by atoms with Crippen molar-refractivity contribution in [3.05, 3.63) is 23.0 Å². The Morgan fingerprint density at radius 3 is 2.81 bits per heavy atom. The van der Waals surface area contributed by atoms with E-state index in [9.17, 15) is 4.79 Å². The van der Waals surface area contributed by atoms with E-state index < -0.39 is 0 Å². The molecule has 0 aromatic carbocycles. The molecule has 0 atom stereocenters. The molecule has 0 bridgehead atoms. The Labute approximate surface area is 96.4 Å². The molecular weight excluding hydrogens is 202 g/mol. The van der Waals surface area contributed by atoms with Crippen LogP contribution < -0.4 is 0 Å². The van der Waals surface area contributed by atoms with Gasteiger partial charge in [0.15, 0.2) is 0 Å². The largest absolute Gasteiger partial charge is 0.462 e. The molecule has 1 aliphatic rings. The lowest BCUT2D eigenvalue weighted by Crippen LogP contribution is -2.10. The summed E-state index contributed by atoms with van der Waals surface area (Å²) in [7, 11) is 2.01. The molecule has 0 aliphatic heterocycles. The maximum Gasteiger partial charge on any atom is 0.340 e. The highest BCUT2D eigenvalue weighted by Gasteiger charge is 2.27. The van der Waals surface area contributed by atoms with Crippen LogP contribution in [-0.2, 0) is 18.2 Å². The number of esters is 1. The van der Waals surface area contributed by atoms with Crippen molar-refractivity contribution in [2.75, 3.05) is 6.61 Å². The van der Waals surface area contributed by atoms with E-state index >= 15 is 0 Å². The Morgan fingerprint density at radius 1 is 1.56 bits per heavy atom. The minimum atomic E-state index is -0.170. The Balaban J connectivity index is 2.28. The summed E-state index contributed by atoms with van der Waals surface area (Å²) in [6, 6.07) is 0. The minimum absolute atomic E-state index is 0.170. The average Bonchev–Trinajstić information content (AvgIpc) is 2.95. The second-order valence-electron chi connectivity index (χ2n) is 4.61. The Kier molecular flexibility index (Phi) is 3.03. The number of ether oxygens (including phenoxy) is 1. The highest BCUT2D eigenvalue weighted by molar-refractivity contribution is 5.92. The van der Waals surface area contributed by atoms with Crippen molar-refractivity contribution in [1.29, 1.82) is 0 Å². The molecule has 0 amide bonds. The number of aromatic nitrogens is 1. The van der Waals surface area contributed by atoms with Gasteiger partial charge in [0.1, 0.15) is 0 Å². The molecule has 88 valence electrons. The lowest BCUT2D eigenvalue weighted by atomic mass is 10.1. The van der Waals surface area contributed by atoms with Crippen LogP contribution in [-0.4, -0.2) is 17.1 Å². The first-order valence-electron chi connectivity index (χ1n) is 5.95. The lowest BCUT2D eigenvalue weighted by molar-refractivity contribution is 0.0524. The number of hydrogen-bond acceptors (Lipinski definition) is 2. The molecule has 0 unspecified atom stereocenters. The molecule has 1 aromatic heterocycles. The first-order valence-corrected chi connectivity index (χ1v) is 5.95. The van der Waals surface area contributed by atoms with Crippen molar-refractivity contribution in [3.8, 4) is 0 Å². The van der Waals surface area contributed by atoms with Crippen LogP contribution in [0.3, 0.4) is 0 Å². The molecule has 2 rings (SSSR count). The second kappa shape index (κ2) is 4.32. The fourth-order valence-electron chi connectivity index (χ4n) is 2.16. The molecule has 0 N–H and O–H groups in total. The molecule has 0 radical (unpaired) electrons. The highest BCUT2D eigenvalue weighted by atomic mass is 16.5. The van der Waals surface area contributed by atoms with Gasteiger partial charge in [-0.25, -0.2) is 4.79 Å². The van der Waals surface area contributed by atoms with Crippen molar-refractivity contribution in [2.45, 2.75) is 33.1 Å². The van der Waals surface area contributed by atoms with Crippen molar-refractivity contribution >= 4 is 5.97 Å². The topological polar surface area (TPSA) is 31.2 Å². The molecule has 1 saturated carbocycles. The van der Waals surface area contributed by atoms with Crippen molar-refractivity contribution in [2.24, 2.45) is 13.0 Å². The quantitative estimate of drug-likeness (QED) is 0.731. The fourth-order valence-corrected chi connectivity index (χ4v) is 2.16. The van der Waals surface area contributed by atoms with Crippen LogP contribution in [0.25, 0.3) is 0 Å². The van der Waals surface area contributed by atoms with Crippen LogP contribution in [0.4, 0.5) is 0 Å². The van der Waals surface area contributed by atoms with Crippen molar-refractivity contribution in [3.63, 3.8) is 0 Å².